The van der Waals surface area contributed by atoms with Crippen molar-refractivity contribution >= 4 is 81.2 Å². The molecule has 2 aliphatic heterocycles. The van der Waals surface area contributed by atoms with Crippen LogP contribution in [0.4, 0.5) is 0 Å². The lowest BCUT2D eigenvalue weighted by molar-refractivity contribution is -0.154. The minimum Gasteiger partial charge on any atom is -0.497 e. The molecule has 458 valence electrons. The molecule has 2 saturated heterocycles. The number of likely N-dealkylation sites (N-methyl/N-ethyl adjacent to an activating group) is 3. The molecule has 0 bridgehead atoms. The number of carbonyl (C=O) groups is 10. The van der Waals surface area contributed by atoms with Crippen molar-refractivity contribution in [3.8, 4) is 5.75 Å². The zero-order chi connectivity index (χ0) is 61.7. The highest BCUT2D eigenvalue weighted by atomic mass is 33.1. The number of benzene rings is 1. The van der Waals surface area contributed by atoms with Crippen molar-refractivity contribution < 1.29 is 67.3 Å². The van der Waals surface area contributed by atoms with Gasteiger partial charge in [0, 0.05) is 40.8 Å². The summed E-state index contributed by atoms with van der Waals surface area (Å²) in [6.45, 7) is 23.0. The molecule has 0 spiro atoms. The third kappa shape index (κ3) is 32.7. The Morgan fingerprint density at radius 2 is 1.39 bits per heavy atom. The predicted molar refractivity (Wildman–Crippen MR) is 315 cm³/mol. The van der Waals surface area contributed by atoms with E-state index in [-0.39, 0.29) is 30.0 Å². The van der Waals surface area contributed by atoms with E-state index in [1.54, 1.807) is 25.9 Å². The van der Waals surface area contributed by atoms with Gasteiger partial charge >= 0.3 is 11.9 Å². The normalized spacial score (nSPS) is 15.1. The third-order valence-corrected chi connectivity index (χ3v) is 13.5. The first-order valence-electron chi connectivity index (χ1n) is 27.7. The Morgan fingerprint density at radius 3 is 1.90 bits per heavy atom. The number of amides is 7. The second-order valence-corrected chi connectivity index (χ2v) is 23.8. The van der Waals surface area contributed by atoms with Crippen molar-refractivity contribution in [3.05, 3.63) is 29.8 Å². The van der Waals surface area contributed by atoms with Gasteiger partial charge in [0.25, 0.3) is 0 Å². The molecule has 3 rings (SSSR count). The maximum atomic E-state index is 14.0. The summed E-state index contributed by atoms with van der Waals surface area (Å²) in [6, 6.07) is 4.61. The van der Waals surface area contributed by atoms with Crippen LogP contribution >= 0.6 is 21.6 Å². The van der Waals surface area contributed by atoms with E-state index in [4.69, 9.17) is 14.2 Å². The second kappa shape index (κ2) is 43.3. The predicted octanol–water partition coefficient (Wildman–Crippen LogP) is 5.56. The van der Waals surface area contributed by atoms with Crippen LogP contribution in [0.25, 0.3) is 0 Å². The molecule has 0 aromatic heterocycles. The standard InChI is InChI=1S/C38H61N7O13S2.C8H10O.2C4H10.C3H8/c1-8-12-27(29(47)17-33(51)58-22-30(48)24(2)35(53)39-18-32(50)44-14-9-10-15-44)43(6)37(55)26(21-57-34(52)20-41(4)23-46)40-31(49)19-42(5)38(56)28-13-11-16-45(28)36(54)25(3)60-59-7;1-7-3-5-8(9-2)6-4-7;2*1-4(2)3;1-3-2/h23-29,47H,8-22H2,1-7H3,(H,39,53)(H,40,49);3-6H,1-2H3;2*4H,1-3H3;3H2,1-2H3. The molecule has 3 N–H and O–H groups in total. The molecule has 21 nitrogen and oxygen atoms in total. The first-order valence-corrected chi connectivity index (χ1v) is 30.3. The Bertz CT molecular complexity index is 2010. The molecule has 80 heavy (non-hydrogen) atoms. The van der Waals surface area contributed by atoms with Gasteiger partial charge < -0.3 is 54.5 Å². The molecule has 0 aliphatic carbocycles. The number of nitrogens with one attached hydrogen (secondary N) is 2. The summed E-state index contributed by atoms with van der Waals surface area (Å²) in [4.78, 5) is 134. The van der Waals surface area contributed by atoms with E-state index < -0.39 is 104 Å². The minimum atomic E-state index is -1.54. The topological polar surface area (TPSA) is 259 Å². The van der Waals surface area contributed by atoms with Crippen LogP contribution < -0.4 is 15.4 Å². The number of nitrogens with zero attached hydrogens (tertiary/aromatic N) is 5. The minimum absolute atomic E-state index is 0.162. The van der Waals surface area contributed by atoms with Crippen molar-refractivity contribution in [1.29, 1.82) is 0 Å². The fourth-order valence-corrected chi connectivity index (χ4v) is 8.96. The van der Waals surface area contributed by atoms with Gasteiger partial charge in [-0.2, -0.15) is 0 Å². The summed E-state index contributed by atoms with van der Waals surface area (Å²) in [5, 5.41) is 15.7. The van der Waals surface area contributed by atoms with Gasteiger partial charge in [0.05, 0.1) is 49.9 Å². The summed E-state index contributed by atoms with van der Waals surface area (Å²) in [5.41, 5.74) is 1.26. The Labute approximate surface area is 485 Å². The highest BCUT2D eigenvalue weighted by Gasteiger charge is 2.39. The maximum Gasteiger partial charge on any atom is 0.325 e. The monoisotopic (exact) mass is 1170 g/mol. The van der Waals surface area contributed by atoms with Gasteiger partial charge in [0.1, 0.15) is 31.0 Å². The van der Waals surface area contributed by atoms with Crippen LogP contribution in [-0.2, 0) is 57.4 Å². The lowest BCUT2D eigenvalue weighted by Gasteiger charge is -2.34. The molecule has 6 atom stereocenters. The molecular weight excluding hydrogens is 1070 g/mol. The number of Topliss-reactive ketones (excluding diaryl/α,β-unsaturated/α-hetero) is 1. The number of aliphatic hydroxyl groups is 1. The van der Waals surface area contributed by atoms with Crippen LogP contribution in [-0.4, -0.2) is 206 Å². The van der Waals surface area contributed by atoms with Crippen molar-refractivity contribution in [3.63, 3.8) is 0 Å². The molecular formula is C57H99N7O14S2. The van der Waals surface area contributed by atoms with Crippen LogP contribution in [0.5, 0.6) is 5.75 Å². The fraction of sp³-hybridized carbons (Fsp3) is 0.719. The molecule has 23 heteroatoms. The van der Waals surface area contributed by atoms with Crippen LogP contribution in [0.2, 0.25) is 0 Å². The molecule has 7 amide bonds. The third-order valence-electron chi connectivity index (χ3n) is 11.4. The van der Waals surface area contributed by atoms with Gasteiger partial charge in [-0.05, 0) is 83.1 Å². The quantitative estimate of drug-likeness (QED) is 0.0444. The Morgan fingerprint density at radius 1 is 0.825 bits per heavy atom. The van der Waals surface area contributed by atoms with Crippen LogP contribution in [0.1, 0.15) is 133 Å². The average molecular weight is 1170 g/mol. The Kier molecular flexibility index (Phi) is 41.5. The van der Waals surface area contributed by atoms with E-state index in [0.717, 1.165) is 45.1 Å². The van der Waals surface area contributed by atoms with Gasteiger partial charge in [0.2, 0.25) is 41.9 Å². The number of esters is 2. The Hall–Kier alpha value is -5.42. The fourth-order valence-electron chi connectivity index (χ4n) is 7.34. The zero-order valence-electron chi connectivity index (χ0n) is 51.1. The number of likely N-dealkylation sites (tertiary alicyclic amines) is 2. The number of ether oxygens (including phenoxy) is 3. The lowest BCUT2D eigenvalue weighted by Crippen LogP contribution is -2.57. The smallest absolute Gasteiger partial charge is 0.325 e. The molecule has 6 unspecified atom stereocenters. The van der Waals surface area contributed by atoms with Crippen LogP contribution in [0.3, 0.4) is 0 Å². The summed E-state index contributed by atoms with van der Waals surface area (Å²) in [6.07, 6.45) is 4.66. The number of ketones is 1. The number of hydrogen-bond acceptors (Lipinski definition) is 16. The largest absolute Gasteiger partial charge is 0.497 e. The highest BCUT2D eigenvalue weighted by Crippen LogP contribution is 2.28. The number of aryl methyl sites for hydroxylation is 1. The second-order valence-electron chi connectivity index (χ2n) is 21.0. The number of methoxy groups -OCH3 is 1. The highest BCUT2D eigenvalue weighted by molar-refractivity contribution is 8.76. The van der Waals surface area contributed by atoms with Gasteiger partial charge in [-0.15, -0.1) is 0 Å². The molecule has 1 aromatic rings. The van der Waals surface area contributed by atoms with Crippen molar-refractivity contribution in [1.82, 2.24) is 35.1 Å². The molecule has 0 radical (unpaired) electrons. The van der Waals surface area contributed by atoms with Gasteiger partial charge in [0.15, 0.2) is 12.4 Å². The maximum absolute atomic E-state index is 14.0. The zero-order valence-corrected chi connectivity index (χ0v) is 52.8. The molecule has 2 aliphatic rings. The first kappa shape index (κ1) is 76.6. The van der Waals surface area contributed by atoms with E-state index >= 15 is 0 Å². The van der Waals surface area contributed by atoms with Crippen molar-refractivity contribution in [2.24, 2.45) is 17.8 Å². The van der Waals surface area contributed by atoms with Crippen molar-refractivity contribution in [2.75, 3.05) is 87.0 Å². The summed E-state index contributed by atoms with van der Waals surface area (Å²) < 4.78 is 15.2. The van der Waals surface area contributed by atoms with E-state index in [1.165, 1.54) is 66.5 Å². The molecule has 1 aromatic carbocycles. The SMILES string of the molecule is CC(C)C.CC(C)C.CCC.CCCC(C(O)CC(=O)OCC(=O)C(C)C(=O)NCC(=O)N1CCCC1)N(C)C(=O)C(COC(=O)CN(C)C=O)NC(=O)CN(C)C(=O)C1CCCN1C(=O)C(C)SSC.COc1ccc(C)cc1. The van der Waals surface area contributed by atoms with Crippen LogP contribution in [0, 0.1) is 24.7 Å². The number of aliphatic hydroxyl groups excluding tert-OH is 1. The summed E-state index contributed by atoms with van der Waals surface area (Å²) >= 11 is 0. The molecule has 2 heterocycles. The van der Waals surface area contributed by atoms with Gasteiger partial charge in [-0.25, -0.2) is 0 Å². The number of carbonyl (C=O) groups excluding carboxylic acids is 10. The van der Waals surface area contributed by atoms with E-state index in [2.05, 4.69) is 72.9 Å². The average Bonchev–Trinajstić information content (AvgIpc) is 4.13. The van der Waals surface area contributed by atoms with Gasteiger partial charge in [-0.3, -0.25) is 47.9 Å². The molecule has 2 fully saturated rings. The molecule has 0 saturated carbocycles. The van der Waals surface area contributed by atoms with Gasteiger partial charge in [-0.1, -0.05) is 114 Å². The van der Waals surface area contributed by atoms with E-state index in [0.29, 0.717) is 45.3 Å². The first-order chi connectivity index (χ1) is 37.6. The number of rotatable bonds is 26. The Balaban J connectivity index is 0. The van der Waals surface area contributed by atoms with E-state index in [1.807, 2.05) is 30.5 Å². The van der Waals surface area contributed by atoms with Crippen LogP contribution in [0.15, 0.2) is 24.3 Å². The van der Waals surface area contributed by atoms with Crippen molar-refractivity contribution in [2.45, 2.75) is 164 Å². The summed E-state index contributed by atoms with van der Waals surface area (Å²) in [5.74, 6) is -4.55. The number of hydrogen-bond donors (Lipinski definition) is 3. The van der Waals surface area contributed by atoms with E-state index in [9.17, 15) is 53.1 Å². The summed E-state index contributed by atoms with van der Waals surface area (Å²) in [7, 11) is 8.51. The lowest BCUT2D eigenvalue weighted by atomic mass is 10.0.